The van der Waals surface area contributed by atoms with Crippen LogP contribution in [0.25, 0.3) is 0 Å². The molecule has 300 valence electrons. The first-order chi connectivity index (χ1) is 26.2. The average Bonchev–Trinajstić information content (AvgIpc) is 3.17. The number of hydrogen-bond acceptors (Lipinski definition) is 5. The fourth-order valence-electron chi connectivity index (χ4n) is 6.87. The highest BCUT2D eigenvalue weighted by molar-refractivity contribution is 6.15. The summed E-state index contributed by atoms with van der Waals surface area (Å²) in [6.45, 7) is 5.43. The number of ketones is 1. The zero-order chi connectivity index (χ0) is 39.4. The molecule has 9 heteroatoms. The molecule has 0 radical (unpaired) electrons. The van der Waals surface area contributed by atoms with Crippen LogP contribution in [0.1, 0.15) is 225 Å². The van der Waals surface area contributed by atoms with Gasteiger partial charge in [-0.2, -0.15) is 0 Å². The van der Waals surface area contributed by atoms with E-state index in [4.69, 9.17) is 11.5 Å². The van der Waals surface area contributed by atoms with Crippen LogP contribution in [-0.2, 0) is 0 Å². The number of nitrogens with two attached hydrogens (primary N) is 2. The van der Waals surface area contributed by atoms with Crippen LogP contribution in [0, 0.1) is 0 Å². The number of unbranched alkanes of at least 4 members (excludes halogenated alkanes) is 22. The van der Waals surface area contributed by atoms with Gasteiger partial charge in [0, 0.05) is 24.2 Å². The number of carbonyl (C=O) groups is 5. The van der Waals surface area contributed by atoms with E-state index in [1.807, 2.05) is 0 Å². The highest BCUT2D eigenvalue weighted by Crippen LogP contribution is 2.20. The monoisotopic (exact) mass is 747 g/mol. The lowest BCUT2D eigenvalue weighted by Crippen LogP contribution is -2.28. The summed E-state index contributed by atoms with van der Waals surface area (Å²) in [5, 5.41) is 5.73. The minimum absolute atomic E-state index is 0.0722. The van der Waals surface area contributed by atoms with Crippen molar-refractivity contribution in [3.63, 3.8) is 0 Å². The zero-order valence-electron chi connectivity index (χ0n) is 33.5. The molecule has 2 rings (SSSR count). The molecule has 0 heterocycles. The summed E-state index contributed by atoms with van der Waals surface area (Å²) in [4.78, 5) is 64.1. The molecule has 0 spiro atoms. The lowest BCUT2D eigenvalue weighted by atomic mass is 9.94. The summed E-state index contributed by atoms with van der Waals surface area (Å²) < 4.78 is 0. The maximum Gasteiger partial charge on any atom is 0.252 e. The standard InChI is InChI=1S/C45H70N4O5/c1-3-5-7-9-11-13-15-17-19-21-23-25-31-48-44(53)37-29-27-35(33-39(37)42(46)51)41(50)36-28-30-38(40(34-36)43(47)52)45(54)49-32-26-24-22-20-18-16-14-12-10-8-6-4-2/h27-30,33-34H,3-26,31-32H2,1-2H3,(H2,46,51)(H2,47,52)(H,48,53)(H,49,54). The van der Waals surface area contributed by atoms with Crippen molar-refractivity contribution in [2.45, 2.75) is 168 Å². The van der Waals surface area contributed by atoms with E-state index in [1.165, 1.54) is 152 Å². The van der Waals surface area contributed by atoms with E-state index in [1.54, 1.807) is 0 Å². The van der Waals surface area contributed by atoms with Crippen LogP contribution in [0.15, 0.2) is 36.4 Å². The molecule has 2 aromatic rings. The molecule has 0 aliphatic heterocycles. The number of primary amides is 2. The first-order valence-electron chi connectivity index (χ1n) is 21.2. The molecule has 6 N–H and O–H groups in total. The van der Waals surface area contributed by atoms with Crippen LogP contribution in [0.5, 0.6) is 0 Å². The van der Waals surface area contributed by atoms with Gasteiger partial charge in [-0.05, 0) is 37.1 Å². The average molecular weight is 747 g/mol. The SMILES string of the molecule is CCCCCCCCCCCCCCNC(=O)c1ccc(C(=O)c2ccc(C(=O)NCCCCCCCCCCCCCC)c(C(N)=O)c2)cc1C(N)=O. The van der Waals surface area contributed by atoms with Crippen molar-refractivity contribution in [2.75, 3.05) is 13.1 Å². The maximum atomic E-state index is 13.5. The Kier molecular flexibility index (Phi) is 24.3. The van der Waals surface area contributed by atoms with Crippen LogP contribution in [0.4, 0.5) is 0 Å². The number of hydrogen-bond donors (Lipinski definition) is 4. The van der Waals surface area contributed by atoms with Crippen molar-refractivity contribution in [2.24, 2.45) is 11.5 Å². The third-order valence-corrected chi connectivity index (χ3v) is 10.2. The molecule has 0 aromatic heterocycles. The molecule has 0 bridgehead atoms. The predicted molar refractivity (Wildman–Crippen MR) is 220 cm³/mol. The van der Waals surface area contributed by atoms with Crippen molar-refractivity contribution >= 4 is 29.4 Å². The molecular formula is C45H70N4O5. The first-order valence-corrected chi connectivity index (χ1v) is 21.2. The summed E-state index contributed by atoms with van der Waals surface area (Å²) in [5.41, 5.74) is 11.5. The van der Waals surface area contributed by atoms with Crippen molar-refractivity contribution in [3.05, 3.63) is 69.8 Å². The van der Waals surface area contributed by atoms with E-state index >= 15 is 0 Å². The van der Waals surface area contributed by atoms with E-state index in [2.05, 4.69) is 24.5 Å². The van der Waals surface area contributed by atoms with Gasteiger partial charge in [-0.25, -0.2) is 0 Å². The molecule has 0 saturated carbocycles. The Labute approximate surface area is 325 Å². The molecule has 0 fully saturated rings. The van der Waals surface area contributed by atoms with E-state index < -0.39 is 29.4 Å². The second-order valence-corrected chi connectivity index (χ2v) is 14.9. The van der Waals surface area contributed by atoms with Gasteiger partial charge in [-0.3, -0.25) is 24.0 Å². The summed E-state index contributed by atoms with van der Waals surface area (Å²) >= 11 is 0. The van der Waals surface area contributed by atoms with Gasteiger partial charge in [-0.15, -0.1) is 0 Å². The topological polar surface area (TPSA) is 161 Å². The zero-order valence-corrected chi connectivity index (χ0v) is 33.5. The molecule has 2 aromatic carbocycles. The first kappa shape index (κ1) is 46.1. The largest absolute Gasteiger partial charge is 0.366 e. The third-order valence-electron chi connectivity index (χ3n) is 10.2. The molecule has 0 aliphatic rings. The van der Waals surface area contributed by atoms with Crippen molar-refractivity contribution < 1.29 is 24.0 Å². The molecule has 54 heavy (non-hydrogen) atoms. The van der Waals surface area contributed by atoms with Gasteiger partial charge in [0.05, 0.1) is 22.3 Å². The molecule has 0 atom stereocenters. The summed E-state index contributed by atoms with van der Waals surface area (Å²) in [5.74, 6) is -3.04. The molecular weight excluding hydrogens is 677 g/mol. The molecule has 9 nitrogen and oxygen atoms in total. The minimum atomic E-state index is -0.835. The Balaban J connectivity index is 1.83. The van der Waals surface area contributed by atoms with Gasteiger partial charge in [-0.1, -0.05) is 167 Å². The van der Waals surface area contributed by atoms with Crippen LogP contribution in [0.3, 0.4) is 0 Å². The van der Waals surface area contributed by atoms with Gasteiger partial charge >= 0.3 is 0 Å². The molecule has 0 aliphatic carbocycles. The Bertz CT molecular complexity index is 1330. The van der Waals surface area contributed by atoms with Gasteiger partial charge in [0.25, 0.3) is 11.8 Å². The van der Waals surface area contributed by atoms with E-state index in [0.29, 0.717) is 13.1 Å². The highest BCUT2D eigenvalue weighted by Gasteiger charge is 2.22. The quantitative estimate of drug-likeness (QED) is 0.0432. The van der Waals surface area contributed by atoms with Crippen molar-refractivity contribution in [1.29, 1.82) is 0 Å². The van der Waals surface area contributed by atoms with E-state index in [9.17, 15) is 24.0 Å². The van der Waals surface area contributed by atoms with Crippen LogP contribution >= 0.6 is 0 Å². The predicted octanol–water partition coefficient (Wildman–Crippen LogP) is 9.98. The summed E-state index contributed by atoms with van der Waals surface area (Å²) in [7, 11) is 0. The number of rotatable bonds is 32. The van der Waals surface area contributed by atoms with E-state index in [-0.39, 0.29) is 33.4 Å². The highest BCUT2D eigenvalue weighted by atomic mass is 16.2. The van der Waals surface area contributed by atoms with Gasteiger partial charge in [0.1, 0.15) is 0 Å². The second kappa shape index (κ2) is 28.4. The van der Waals surface area contributed by atoms with Gasteiger partial charge in [0.15, 0.2) is 5.78 Å². The fraction of sp³-hybridized carbons (Fsp3) is 0.622. The Morgan fingerprint density at radius 1 is 0.407 bits per heavy atom. The number of amides is 4. The fourth-order valence-corrected chi connectivity index (χ4v) is 6.87. The number of nitrogens with one attached hydrogen (secondary N) is 2. The maximum absolute atomic E-state index is 13.5. The summed E-state index contributed by atoms with van der Waals surface area (Å²) in [6.07, 6.45) is 29.3. The smallest absolute Gasteiger partial charge is 0.252 e. The van der Waals surface area contributed by atoms with Crippen LogP contribution in [0.2, 0.25) is 0 Å². The van der Waals surface area contributed by atoms with E-state index in [0.717, 1.165) is 38.5 Å². The Morgan fingerprint density at radius 3 is 0.963 bits per heavy atom. The lowest BCUT2D eigenvalue weighted by molar-refractivity contribution is 0.0933. The lowest BCUT2D eigenvalue weighted by Gasteiger charge is -2.12. The minimum Gasteiger partial charge on any atom is -0.366 e. The van der Waals surface area contributed by atoms with Crippen LogP contribution in [-0.4, -0.2) is 42.5 Å². The second-order valence-electron chi connectivity index (χ2n) is 14.9. The Morgan fingerprint density at radius 2 is 0.685 bits per heavy atom. The normalized spacial score (nSPS) is 11.0. The van der Waals surface area contributed by atoms with Crippen LogP contribution < -0.4 is 22.1 Å². The van der Waals surface area contributed by atoms with Gasteiger partial charge < -0.3 is 22.1 Å². The van der Waals surface area contributed by atoms with Crippen molar-refractivity contribution in [3.8, 4) is 0 Å². The van der Waals surface area contributed by atoms with Crippen molar-refractivity contribution in [1.82, 2.24) is 10.6 Å². The molecule has 4 amide bonds. The molecule has 0 saturated heterocycles. The third kappa shape index (κ3) is 18.4. The Hall–Kier alpha value is -4.01. The summed E-state index contributed by atoms with van der Waals surface area (Å²) in [6, 6.07) is 8.32. The van der Waals surface area contributed by atoms with Gasteiger partial charge in [0.2, 0.25) is 11.8 Å². The molecule has 0 unspecified atom stereocenters. The number of carbonyl (C=O) groups excluding carboxylic acids is 5. The number of benzene rings is 2.